The zero-order chi connectivity index (χ0) is 90.2. The van der Waals surface area contributed by atoms with Gasteiger partial charge in [0.05, 0.1) is 55.2 Å². The van der Waals surface area contributed by atoms with Crippen LogP contribution in [0.25, 0.3) is 191 Å². The second-order valence-corrected chi connectivity index (χ2v) is 38.4. The minimum atomic E-state index is 0.0752. The quantitative estimate of drug-likeness (QED) is 0.145. The summed E-state index contributed by atoms with van der Waals surface area (Å²) in [5.41, 5.74) is 26.2. The highest BCUT2D eigenvalue weighted by Gasteiger charge is 2.28. The number of para-hydroxylation sites is 10. The molecule has 0 fully saturated rings. The Balaban J connectivity index is 0.0000000995. The summed E-state index contributed by atoms with van der Waals surface area (Å²) in [4.78, 5) is 0. The SMILES string of the molecule is CC(C)(C)c1cc2c(c3ccccc13)c1ccccc1n2-c1ccccc1.CC(C)(C)c1cc2c3ccccc3n(-c3ccccc3)c2c2ccccc12.CC(C)c1c2ccccc2cc2c1c1ccccc1n2-c1ccccc1.CC(C)c1c2ccccc2cc2c3ccccc3n(-c3ccccc3)c12.CC(C)c1cc2ccccc2c2c3ccccc3n(-c3ccccc3)c12. The summed E-state index contributed by atoms with van der Waals surface area (Å²) in [6, 6.07) is 153. The number of hydrogen-bond acceptors (Lipinski definition) is 0. The molecule has 5 heterocycles. The number of benzene rings is 20. The molecule has 0 unspecified atom stereocenters. The largest absolute Gasteiger partial charge is 0.309 e. The van der Waals surface area contributed by atoms with Crippen LogP contribution in [-0.4, -0.2) is 22.8 Å². The van der Waals surface area contributed by atoms with E-state index in [9.17, 15) is 0 Å². The Kier molecular flexibility index (Phi) is 21.7. The minimum Gasteiger partial charge on any atom is -0.309 e. The maximum atomic E-state index is 2.44. The van der Waals surface area contributed by atoms with E-state index in [-0.39, 0.29) is 10.8 Å². The first-order valence-corrected chi connectivity index (χ1v) is 46.9. The zero-order valence-electron chi connectivity index (χ0n) is 77.4. The van der Waals surface area contributed by atoms with Crippen LogP contribution in [0.5, 0.6) is 0 Å². The van der Waals surface area contributed by atoms with Crippen molar-refractivity contribution in [3.8, 4) is 28.4 Å². The molecule has 0 aliphatic heterocycles. The van der Waals surface area contributed by atoms with Crippen molar-refractivity contribution in [3.05, 3.63) is 452 Å². The summed E-state index contributed by atoms with van der Waals surface area (Å²) in [6.07, 6.45) is 0. The molecule has 0 amide bonds. The normalized spacial score (nSPS) is 12.0. The van der Waals surface area contributed by atoms with Crippen molar-refractivity contribution in [2.45, 2.75) is 112 Å². The molecule has 5 nitrogen and oxygen atoms in total. The standard InChI is InChI=1S/2C26H23N.3C25H21N/c1-26(2,3)23-17-22-20-14-9-10-16-24(20)27(18-11-5-4-6-12-18)25(22)21-15-8-7-13-19(21)23;1-26(2,3)22-17-24-25(20-14-8-7-13-19(20)22)21-15-9-10-16-23(21)27(24)18-11-5-4-6-12-18;1-17(2)24-20-13-7-6-10-18(20)16-22-21-14-8-9-15-23(21)26(25(22)24)19-11-4-3-5-12-19;1-17(2)22-16-18-10-6-7-13-20(18)24-21-14-8-9-15-23(21)26(25(22)24)19-11-4-3-5-12-19;1-17(2)24-20-13-7-6-10-18(20)16-23-25(24)21-14-8-9-15-22(21)26(23)19-11-4-3-5-12-19/h2*4-17H,1-3H3;3*3-17H,1-2H3. The van der Waals surface area contributed by atoms with Crippen molar-refractivity contribution in [1.82, 2.24) is 22.8 Å². The fourth-order valence-corrected chi connectivity index (χ4v) is 21.3. The van der Waals surface area contributed by atoms with Crippen molar-refractivity contribution < 1.29 is 0 Å². The van der Waals surface area contributed by atoms with Gasteiger partial charge in [-0.3, -0.25) is 0 Å². The highest BCUT2D eigenvalue weighted by atomic mass is 15.0. The molecule has 5 aromatic heterocycles. The molecule has 5 heteroatoms. The number of fused-ring (bicyclic) bond motifs is 23. The van der Waals surface area contributed by atoms with Gasteiger partial charge in [0.15, 0.2) is 0 Å². The monoisotopic (exact) mass is 1700 g/mol. The van der Waals surface area contributed by atoms with Gasteiger partial charge in [-0.05, 0) is 226 Å². The lowest BCUT2D eigenvalue weighted by atomic mass is 9.82. The highest BCUT2D eigenvalue weighted by molar-refractivity contribution is 6.25. The first kappa shape index (κ1) is 83.6. The summed E-state index contributed by atoms with van der Waals surface area (Å²) < 4.78 is 12.1. The van der Waals surface area contributed by atoms with Gasteiger partial charge >= 0.3 is 0 Å². The lowest BCUT2D eigenvalue weighted by Gasteiger charge is -2.22. The van der Waals surface area contributed by atoms with Crippen LogP contribution in [0.15, 0.2) is 425 Å². The molecular formula is C127H109N5. The van der Waals surface area contributed by atoms with Gasteiger partial charge < -0.3 is 22.8 Å². The lowest BCUT2D eigenvalue weighted by Crippen LogP contribution is -2.12. The topological polar surface area (TPSA) is 24.6 Å². The molecule has 0 spiro atoms. The third kappa shape index (κ3) is 14.6. The van der Waals surface area contributed by atoms with E-state index >= 15 is 0 Å². The van der Waals surface area contributed by atoms with Crippen molar-refractivity contribution in [2.75, 3.05) is 0 Å². The molecule has 25 aromatic rings. The molecular weight excluding hydrogens is 1600 g/mol. The number of hydrogen-bond donors (Lipinski definition) is 0. The average Bonchev–Trinajstić information content (AvgIpc) is 1.55. The summed E-state index contributed by atoms with van der Waals surface area (Å²) in [6.45, 7) is 27.6. The first-order valence-electron chi connectivity index (χ1n) is 46.9. The average molecular weight is 1710 g/mol. The van der Waals surface area contributed by atoms with E-state index in [1.165, 1.54) is 219 Å². The minimum absolute atomic E-state index is 0.0752. The molecule has 0 atom stereocenters. The molecule has 0 saturated carbocycles. The molecule has 0 N–H and O–H groups in total. The molecule has 0 aliphatic carbocycles. The third-order valence-electron chi connectivity index (χ3n) is 27.0. The van der Waals surface area contributed by atoms with Crippen LogP contribution >= 0.6 is 0 Å². The highest BCUT2D eigenvalue weighted by Crippen LogP contribution is 2.48. The molecule has 0 radical (unpaired) electrons. The predicted octanol–water partition coefficient (Wildman–Crippen LogP) is 35.6. The number of aromatic nitrogens is 5. The van der Waals surface area contributed by atoms with Crippen LogP contribution in [-0.2, 0) is 10.8 Å². The van der Waals surface area contributed by atoms with E-state index in [1.807, 2.05) is 0 Å². The van der Waals surface area contributed by atoms with Gasteiger partial charge in [-0.2, -0.15) is 0 Å². The second-order valence-electron chi connectivity index (χ2n) is 38.4. The summed E-state index contributed by atoms with van der Waals surface area (Å²) in [7, 11) is 0. The molecule has 132 heavy (non-hydrogen) atoms. The van der Waals surface area contributed by atoms with Crippen molar-refractivity contribution in [2.24, 2.45) is 0 Å². The molecule has 0 aliphatic rings. The van der Waals surface area contributed by atoms with Crippen LogP contribution < -0.4 is 0 Å². The molecule has 20 aromatic carbocycles. The van der Waals surface area contributed by atoms with Gasteiger partial charge in [-0.1, -0.05) is 386 Å². The van der Waals surface area contributed by atoms with Crippen molar-refractivity contribution in [3.63, 3.8) is 0 Å². The van der Waals surface area contributed by atoms with E-state index < -0.39 is 0 Å². The van der Waals surface area contributed by atoms with Gasteiger partial charge in [-0.25, -0.2) is 0 Å². The van der Waals surface area contributed by atoms with E-state index in [0.717, 1.165) is 0 Å². The van der Waals surface area contributed by atoms with Gasteiger partial charge in [0.1, 0.15) is 0 Å². The van der Waals surface area contributed by atoms with Crippen LogP contribution in [0.2, 0.25) is 0 Å². The number of nitrogens with zero attached hydrogens (tertiary/aromatic N) is 5. The summed E-state index contributed by atoms with van der Waals surface area (Å²) in [5, 5.41) is 26.7. The van der Waals surface area contributed by atoms with E-state index in [1.54, 1.807) is 0 Å². The Morgan fingerprint density at radius 1 is 0.174 bits per heavy atom. The maximum absolute atomic E-state index is 2.44. The van der Waals surface area contributed by atoms with Gasteiger partial charge in [0.2, 0.25) is 0 Å². The predicted molar refractivity (Wildman–Crippen MR) is 571 cm³/mol. The Hall–Kier alpha value is -15.3. The van der Waals surface area contributed by atoms with Crippen LogP contribution in [0, 0.1) is 0 Å². The summed E-state index contributed by atoms with van der Waals surface area (Å²) >= 11 is 0. The second kappa shape index (κ2) is 34.3. The van der Waals surface area contributed by atoms with Gasteiger partial charge in [0.25, 0.3) is 0 Å². The van der Waals surface area contributed by atoms with Crippen molar-refractivity contribution in [1.29, 1.82) is 0 Å². The first-order chi connectivity index (χ1) is 64.4. The fourth-order valence-electron chi connectivity index (χ4n) is 21.3. The van der Waals surface area contributed by atoms with Gasteiger partial charge in [0, 0.05) is 87.7 Å². The number of rotatable bonds is 8. The Morgan fingerprint density at radius 2 is 0.462 bits per heavy atom. The van der Waals surface area contributed by atoms with E-state index in [4.69, 9.17) is 0 Å². The van der Waals surface area contributed by atoms with Crippen LogP contribution in [0.4, 0.5) is 0 Å². The Labute approximate surface area is 772 Å². The smallest absolute Gasteiger partial charge is 0.0619 e. The third-order valence-corrected chi connectivity index (χ3v) is 27.0. The lowest BCUT2D eigenvalue weighted by molar-refractivity contribution is 0.596. The maximum Gasteiger partial charge on any atom is 0.0619 e. The van der Waals surface area contributed by atoms with E-state index in [2.05, 4.69) is 531 Å². The Morgan fingerprint density at radius 3 is 0.902 bits per heavy atom. The summed E-state index contributed by atoms with van der Waals surface area (Å²) in [5.74, 6) is 1.35. The molecule has 25 rings (SSSR count). The Bertz CT molecular complexity index is 8600. The van der Waals surface area contributed by atoms with Crippen LogP contribution in [0.3, 0.4) is 0 Å². The van der Waals surface area contributed by atoms with Gasteiger partial charge in [-0.15, -0.1) is 0 Å². The fraction of sp³-hybridized carbons (Fsp3) is 0.134. The molecule has 0 bridgehead atoms. The van der Waals surface area contributed by atoms with Crippen LogP contribution in [0.1, 0.15) is 129 Å². The van der Waals surface area contributed by atoms with Crippen molar-refractivity contribution >= 4 is 163 Å². The zero-order valence-corrected chi connectivity index (χ0v) is 77.4. The molecule has 642 valence electrons. The molecule has 0 saturated heterocycles. The van der Waals surface area contributed by atoms with E-state index in [0.29, 0.717) is 17.8 Å².